The van der Waals surface area contributed by atoms with E-state index in [4.69, 9.17) is 33.2 Å². The van der Waals surface area contributed by atoms with E-state index >= 15 is 0 Å². The predicted octanol–water partition coefficient (Wildman–Crippen LogP) is 6.17. The molecule has 4 atom stereocenters. The van der Waals surface area contributed by atoms with E-state index in [-0.39, 0.29) is 5.56 Å². The molecule has 5 fully saturated rings. The van der Waals surface area contributed by atoms with Crippen LogP contribution >= 0.6 is 23.2 Å². The normalized spacial score (nSPS) is 26.2. The molecule has 264 valence electrons. The van der Waals surface area contributed by atoms with Gasteiger partial charge in [-0.15, -0.1) is 0 Å². The molecule has 3 aliphatic carbocycles. The number of hydrogen-bond acceptors (Lipinski definition) is 6. The van der Waals surface area contributed by atoms with Crippen molar-refractivity contribution >= 4 is 51.7 Å². The van der Waals surface area contributed by atoms with Crippen LogP contribution in [0.25, 0.3) is 10.9 Å². The summed E-state index contributed by atoms with van der Waals surface area (Å²) >= 11 is 12.7. The maximum Gasteiger partial charge on any atom is 0.262 e. The predicted molar refractivity (Wildman–Crippen MR) is 204 cm³/mol. The fourth-order valence-electron chi connectivity index (χ4n) is 8.74. The van der Waals surface area contributed by atoms with Crippen molar-refractivity contribution in [2.24, 2.45) is 28.2 Å². The summed E-state index contributed by atoms with van der Waals surface area (Å²) in [5.74, 6) is 3.71. The summed E-state index contributed by atoms with van der Waals surface area (Å²) in [7, 11) is 2.19. The molecular weight excluding hydrogens is 655 g/mol. The molecule has 8 rings (SSSR count). The standard InChI is InChI=1S/C38H52Cl2N8O/c1-6-45-15-19-47(20-16-45)37-43-34-24-29(9-10-30(34)35(49)48(37)12-11-26-7-8-28(39)23-32(26)40)41-36(46-17-13-44(5)14-18-46)42-33-22-27-21-31(25(33)2)38(27,3)4/h7-10,23-25,27,31,33H,6,11-22H2,1-5H3,(H,41,42)/t25?,27-,31?,33-/m0/s1. The Balaban J connectivity index is 1.21. The van der Waals surface area contributed by atoms with Gasteiger partial charge in [0.1, 0.15) is 0 Å². The largest absolute Gasteiger partial charge is 0.340 e. The van der Waals surface area contributed by atoms with Gasteiger partial charge in [0.25, 0.3) is 5.56 Å². The zero-order chi connectivity index (χ0) is 34.4. The zero-order valence-corrected chi connectivity index (χ0v) is 31.3. The minimum absolute atomic E-state index is 0.0274. The first kappa shape index (κ1) is 34.6. The number of fused-ring (bicyclic) bond motifs is 3. The van der Waals surface area contributed by atoms with Crippen molar-refractivity contribution in [2.75, 3.05) is 76.2 Å². The summed E-state index contributed by atoms with van der Waals surface area (Å²) in [6.07, 6.45) is 3.10. The lowest BCUT2D eigenvalue weighted by atomic mass is 9.45. The van der Waals surface area contributed by atoms with Crippen LogP contribution < -0.4 is 15.8 Å². The molecule has 3 saturated carbocycles. The lowest BCUT2D eigenvalue weighted by Gasteiger charge is -2.61. The van der Waals surface area contributed by atoms with Crippen LogP contribution in [0.15, 0.2) is 46.2 Å². The Kier molecular flexibility index (Phi) is 9.92. The van der Waals surface area contributed by atoms with Crippen LogP contribution in [0.1, 0.15) is 46.1 Å². The Bertz CT molecular complexity index is 1760. The first-order chi connectivity index (χ1) is 23.5. The third-order valence-electron chi connectivity index (χ3n) is 12.3. The van der Waals surface area contributed by atoms with E-state index < -0.39 is 0 Å². The number of nitrogens with zero attached hydrogens (tertiary/aromatic N) is 7. The molecule has 3 heterocycles. The van der Waals surface area contributed by atoms with Gasteiger partial charge >= 0.3 is 0 Å². The molecule has 5 aliphatic rings. The van der Waals surface area contributed by atoms with E-state index in [1.54, 1.807) is 6.07 Å². The quantitative estimate of drug-likeness (QED) is 0.233. The van der Waals surface area contributed by atoms with Crippen LogP contribution in [-0.4, -0.2) is 102 Å². The van der Waals surface area contributed by atoms with Crippen molar-refractivity contribution in [1.29, 1.82) is 0 Å². The summed E-state index contributed by atoms with van der Waals surface area (Å²) in [4.78, 5) is 34.5. The van der Waals surface area contributed by atoms with Gasteiger partial charge in [-0.3, -0.25) is 9.36 Å². The number of hydrogen-bond donors (Lipinski definition) is 1. The van der Waals surface area contributed by atoms with Crippen LogP contribution in [0.3, 0.4) is 0 Å². The van der Waals surface area contributed by atoms with Gasteiger partial charge in [-0.1, -0.05) is 57.0 Å². The lowest BCUT2D eigenvalue weighted by Crippen LogP contribution is -2.57. The Hall–Kier alpha value is -2.85. The van der Waals surface area contributed by atoms with Crippen molar-refractivity contribution in [1.82, 2.24) is 24.3 Å². The van der Waals surface area contributed by atoms with Crippen LogP contribution in [0.5, 0.6) is 0 Å². The number of aromatic nitrogens is 2. The smallest absolute Gasteiger partial charge is 0.262 e. The molecule has 1 aromatic heterocycles. The second-order valence-electron chi connectivity index (χ2n) is 15.4. The molecule has 2 unspecified atom stereocenters. The summed E-state index contributed by atoms with van der Waals surface area (Å²) < 4.78 is 1.84. The second-order valence-corrected chi connectivity index (χ2v) is 16.2. The monoisotopic (exact) mass is 706 g/mol. The van der Waals surface area contributed by atoms with Crippen LogP contribution in [0.2, 0.25) is 10.0 Å². The lowest BCUT2D eigenvalue weighted by molar-refractivity contribution is -0.108. The molecule has 2 saturated heterocycles. The number of rotatable bonds is 7. The number of anilines is 2. The number of likely N-dealkylation sites (N-methyl/N-ethyl adjacent to an activating group) is 2. The number of guanidine groups is 1. The molecule has 0 spiro atoms. The first-order valence-corrected chi connectivity index (χ1v) is 19.0. The minimum atomic E-state index is -0.0274. The first-order valence-electron chi connectivity index (χ1n) is 18.3. The highest BCUT2D eigenvalue weighted by molar-refractivity contribution is 6.35. The summed E-state index contributed by atoms with van der Waals surface area (Å²) in [5.41, 5.74) is 2.98. The third-order valence-corrected chi connectivity index (χ3v) is 12.9. The molecule has 0 amide bonds. The summed E-state index contributed by atoms with van der Waals surface area (Å²) in [6, 6.07) is 11.9. The highest BCUT2D eigenvalue weighted by Gasteiger charge is 2.56. The molecule has 3 aromatic rings. The number of nitrogens with one attached hydrogen (secondary N) is 1. The average molecular weight is 708 g/mol. The SMILES string of the molecule is CCN1CCN(c2nc3cc(N/C(=N/[C@H]4C[C@@H]5CC(C4C)C5(C)C)N4CCN(C)CC4)ccc3c(=O)n2CCc2ccc(Cl)cc2Cl)CC1. The Morgan fingerprint density at radius 1 is 1.00 bits per heavy atom. The van der Waals surface area contributed by atoms with Gasteiger partial charge < -0.3 is 24.9 Å². The molecule has 2 bridgehead atoms. The van der Waals surface area contributed by atoms with Crippen LogP contribution in [0, 0.1) is 23.2 Å². The zero-order valence-electron chi connectivity index (χ0n) is 29.8. The van der Waals surface area contributed by atoms with Crippen molar-refractivity contribution in [3.63, 3.8) is 0 Å². The molecule has 2 aliphatic heterocycles. The molecular formula is C38H52Cl2N8O. The van der Waals surface area contributed by atoms with E-state index in [0.29, 0.717) is 51.3 Å². The molecule has 1 N–H and O–H groups in total. The van der Waals surface area contributed by atoms with Gasteiger partial charge in [-0.25, -0.2) is 9.98 Å². The fraction of sp³-hybridized carbons (Fsp3) is 0.605. The Morgan fingerprint density at radius 2 is 1.76 bits per heavy atom. The van der Waals surface area contributed by atoms with Crippen molar-refractivity contribution in [3.8, 4) is 0 Å². The van der Waals surface area contributed by atoms with Gasteiger partial charge in [-0.05, 0) is 91.9 Å². The minimum Gasteiger partial charge on any atom is -0.340 e. The topological polar surface area (TPSA) is 72.2 Å². The highest BCUT2D eigenvalue weighted by Crippen LogP contribution is 2.61. The Morgan fingerprint density at radius 3 is 2.43 bits per heavy atom. The maximum atomic E-state index is 14.2. The van der Waals surface area contributed by atoms with Crippen LogP contribution in [-0.2, 0) is 13.0 Å². The second kappa shape index (κ2) is 14.0. The number of piperazine rings is 2. The fourth-order valence-corrected chi connectivity index (χ4v) is 9.24. The van der Waals surface area contributed by atoms with Gasteiger partial charge in [-0.2, -0.15) is 0 Å². The summed E-state index contributed by atoms with van der Waals surface area (Å²) in [6.45, 7) is 18.4. The highest BCUT2D eigenvalue weighted by atomic mass is 35.5. The summed E-state index contributed by atoms with van der Waals surface area (Å²) in [5, 5.41) is 5.58. The number of aryl methyl sites for hydroxylation is 1. The van der Waals surface area contributed by atoms with E-state index in [1.807, 2.05) is 34.9 Å². The maximum absolute atomic E-state index is 14.2. The molecule has 11 heteroatoms. The molecule has 2 aromatic carbocycles. The third kappa shape index (κ3) is 6.93. The number of halogens is 2. The van der Waals surface area contributed by atoms with Gasteiger partial charge in [0, 0.05) is 74.6 Å². The van der Waals surface area contributed by atoms with E-state index in [2.05, 4.69) is 59.7 Å². The van der Waals surface area contributed by atoms with E-state index in [1.165, 1.54) is 6.42 Å². The van der Waals surface area contributed by atoms with Gasteiger partial charge in [0.15, 0.2) is 5.96 Å². The molecule has 9 nitrogen and oxygen atoms in total. The molecule has 0 radical (unpaired) electrons. The van der Waals surface area contributed by atoms with E-state index in [9.17, 15) is 4.79 Å². The van der Waals surface area contributed by atoms with Gasteiger partial charge in [0.05, 0.1) is 16.9 Å². The molecule has 49 heavy (non-hydrogen) atoms. The van der Waals surface area contributed by atoms with Crippen molar-refractivity contribution in [2.45, 2.75) is 59.5 Å². The van der Waals surface area contributed by atoms with Crippen LogP contribution in [0.4, 0.5) is 11.6 Å². The number of benzene rings is 2. The van der Waals surface area contributed by atoms with E-state index in [0.717, 1.165) is 100 Å². The van der Waals surface area contributed by atoms with Crippen molar-refractivity contribution < 1.29 is 0 Å². The van der Waals surface area contributed by atoms with Gasteiger partial charge in [0.2, 0.25) is 5.95 Å². The Labute approximate surface area is 301 Å². The number of aliphatic imine (C=N–C) groups is 1. The van der Waals surface area contributed by atoms with Crippen molar-refractivity contribution in [3.05, 3.63) is 62.4 Å². The average Bonchev–Trinajstić information content (AvgIpc) is 3.09.